The number of benzene rings is 2. The van der Waals surface area contributed by atoms with E-state index in [1.54, 1.807) is 0 Å². The molecule has 0 aliphatic carbocycles. The summed E-state index contributed by atoms with van der Waals surface area (Å²) in [7, 11) is 2.00. The highest BCUT2D eigenvalue weighted by Crippen LogP contribution is 2.33. The molecule has 7 heteroatoms. The number of hydrogen-bond donors (Lipinski definition) is 0. The second-order valence-corrected chi connectivity index (χ2v) is 8.17. The van der Waals surface area contributed by atoms with Crippen LogP contribution in [0.25, 0.3) is 0 Å². The van der Waals surface area contributed by atoms with Crippen molar-refractivity contribution in [1.29, 1.82) is 0 Å². The van der Waals surface area contributed by atoms with E-state index in [0.29, 0.717) is 5.19 Å². The number of nitrogens with zero attached hydrogens (tertiary/aromatic N) is 4. The van der Waals surface area contributed by atoms with Crippen LogP contribution in [0.3, 0.4) is 0 Å². The van der Waals surface area contributed by atoms with Gasteiger partial charge in [-0.25, -0.2) is 4.99 Å². The molecule has 1 heterocycles. The van der Waals surface area contributed by atoms with Crippen LogP contribution < -0.4 is 4.74 Å². The third-order valence-corrected chi connectivity index (χ3v) is 5.63. The van der Waals surface area contributed by atoms with Crippen molar-refractivity contribution in [3.8, 4) is 10.9 Å². The normalized spacial score (nSPS) is 12.3. The van der Waals surface area contributed by atoms with Gasteiger partial charge in [0, 0.05) is 36.1 Å². The lowest BCUT2D eigenvalue weighted by atomic mass is 10.0. The molecule has 29 heavy (non-hydrogen) atoms. The van der Waals surface area contributed by atoms with Crippen LogP contribution in [0.15, 0.2) is 41.4 Å². The maximum Gasteiger partial charge on any atom is 0.298 e. The van der Waals surface area contributed by atoms with E-state index in [0.717, 1.165) is 45.5 Å². The Morgan fingerprint density at radius 3 is 2.62 bits per heavy atom. The molecule has 0 spiro atoms. The van der Waals surface area contributed by atoms with Gasteiger partial charge in [-0.2, -0.15) is 9.36 Å². The first-order chi connectivity index (χ1) is 13.9. The van der Waals surface area contributed by atoms with Gasteiger partial charge in [-0.1, -0.05) is 30.7 Å². The van der Waals surface area contributed by atoms with Crippen molar-refractivity contribution in [2.75, 3.05) is 13.6 Å². The Morgan fingerprint density at radius 2 is 1.93 bits per heavy atom. The van der Waals surface area contributed by atoms with Gasteiger partial charge in [0.15, 0.2) is 5.82 Å². The van der Waals surface area contributed by atoms with E-state index in [1.807, 2.05) is 68.5 Å². The first-order valence-corrected chi connectivity index (χ1v) is 10.6. The molecule has 1 aromatic heterocycles. The second kappa shape index (κ2) is 9.37. The highest BCUT2D eigenvalue weighted by atomic mass is 35.5. The van der Waals surface area contributed by atoms with Crippen molar-refractivity contribution in [2.24, 2.45) is 4.99 Å². The van der Waals surface area contributed by atoms with Crippen LogP contribution >= 0.6 is 23.1 Å². The van der Waals surface area contributed by atoms with Crippen molar-refractivity contribution >= 4 is 35.2 Å². The third-order valence-electron chi connectivity index (χ3n) is 4.76. The summed E-state index contributed by atoms with van der Waals surface area (Å²) in [6.07, 6.45) is 1.84. The van der Waals surface area contributed by atoms with Crippen molar-refractivity contribution in [1.82, 2.24) is 14.3 Å². The van der Waals surface area contributed by atoms with Gasteiger partial charge in [-0.05, 0) is 61.7 Å². The molecule has 2 aromatic carbocycles. The summed E-state index contributed by atoms with van der Waals surface area (Å²) < 4.78 is 10.5. The maximum absolute atomic E-state index is 6.04. The summed E-state index contributed by atoms with van der Waals surface area (Å²) in [4.78, 5) is 11.2. The van der Waals surface area contributed by atoms with Gasteiger partial charge in [0.25, 0.3) is 5.19 Å². The fourth-order valence-electron chi connectivity index (χ4n) is 2.70. The maximum atomic E-state index is 6.04. The molecule has 152 valence electrons. The summed E-state index contributed by atoms with van der Waals surface area (Å²) >= 11 is 7.24. The number of halogens is 1. The van der Waals surface area contributed by atoms with Crippen LogP contribution in [0.5, 0.6) is 10.9 Å². The molecule has 0 radical (unpaired) electrons. The fraction of sp³-hybridized carbons (Fsp3) is 0.318. The zero-order valence-electron chi connectivity index (χ0n) is 17.3. The van der Waals surface area contributed by atoms with Gasteiger partial charge in [0.1, 0.15) is 5.75 Å². The SMILES string of the molecule is CCN(C)/C=N\c1cc(C)c(Oc2nc(C(C)c3ccc(Cl)cc3)ns2)cc1C. The monoisotopic (exact) mass is 428 g/mol. The molecule has 0 fully saturated rings. The lowest BCUT2D eigenvalue weighted by molar-refractivity contribution is 0.472. The number of rotatable bonds is 7. The van der Waals surface area contributed by atoms with Crippen LogP contribution in [0.1, 0.15) is 42.3 Å². The van der Waals surface area contributed by atoms with Crippen molar-refractivity contribution in [2.45, 2.75) is 33.6 Å². The van der Waals surface area contributed by atoms with E-state index in [2.05, 4.69) is 28.2 Å². The van der Waals surface area contributed by atoms with Crippen molar-refractivity contribution in [3.63, 3.8) is 0 Å². The van der Waals surface area contributed by atoms with Gasteiger partial charge in [-0.15, -0.1) is 0 Å². The van der Waals surface area contributed by atoms with Gasteiger partial charge >= 0.3 is 0 Å². The summed E-state index contributed by atoms with van der Waals surface area (Å²) in [5.41, 5.74) is 4.10. The van der Waals surface area contributed by atoms with Crippen LogP contribution in [0.4, 0.5) is 5.69 Å². The number of aromatic nitrogens is 2. The molecule has 3 rings (SSSR count). The average molecular weight is 429 g/mol. The van der Waals surface area contributed by atoms with Crippen LogP contribution in [0.2, 0.25) is 5.02 Å². The Balaban J connectivity index is 1.76. The summed E-state index contributed by atoms with van der Waals surface area (Å²) in [6.45, 7) is 9.11. The highest BCUT2D eigenvalue weighted by Gasteiger charge is 2.16. The average Bonchev–Trinajstić information content (AvgIpc) is 3.17. The molecule has 1 atom stereocenters. The number of ether oxygens (including phenoxy) is 1. The molecule has 0 aliphatic heterocycles. The Labute approximate surface area is 181 Å². The van der Waals surface area contributed by atoms with Crippen molar-refractivity contribution < 1.29 is 4.74 Å². The minimum Gasteiger partial charge on any atom is -0.430 e. The van der Waals surface area contributed by atoms with E-state index in [9.17, 15) is 0 Å². The Hall–Kier alpha value is -2.44. The quantitative estimate of drug-likeness (QED) is 0.324. The summed E-state index contributed by atoms with van der Waals surface area (Å²) in [6, 6.07) is 11.8. The predicted octanol–water partition coefficient (Wildman–Crippen LogP) is 6.36. The Bertz CT molecular complexity index is 1000. The Morgan fingerprint density at radius 1 is 1.21 bits per heavy atom. The minimum absolute atomic E-state index is 0.0657. The second-order valence-electron chi connectivity index (χ2n) is 7.02. The predicted molar refractivity (Wildman–Crippen MR) is 121 cm³/mol. The summed E-state index contributed by atoms with van der Waals surface area (Å²) in [5.74, 6) is 1.58. The van der Waals surface area contributed by atoms with E-state index in [4.69, 9.17) is 16.3 Å². The third kappa shape index (κ3) is 5.34. The van der Waals surface area contributed by atoms with Gasteiger partial charge in [0.05, 0.1) is 12.0 Å². The van der Waals surface area contributed by atoms with Gasteiger partial charge < -0.3 is 9.64 Å². The van der Waals surface area contributed by atoms with E-state index in [1.165, 1.54) is 11.5 Å². The van der Waals surface area contributed by atoms with E-state index < -0.39 is 0 Å². The van der Waals surface area contributed by atoms with Crippen LogP contribution in [-0.2, 0) is 0 Å². The lowest BCUT2D eigenvalue weighted by Gasteiger charge is -2.11. The first kappa shape index (κ1) is 21.3. The smallest absolute Gasteiger partial charge is 0.298 e. The topological polar surface area (TPSA) is 50.6 Å². The lowest BCUT2D eigenvalue weighted by Crippen LogP contribution is -2.14. The van der Waals surface area contributed by atoms with Gasteiger partial charge in [0.2, 0.25) is 0 Å². The highest BCUT2D eigenvalue weighted by molar-refractivity contribution is 7.07. The molecule has 0 aliphatic rings. The van der Waals surface area contributed by atoms with E-state index in [-0.39, 0.29) is 5.92 Å². The van der Waals surface area contributed by atoms with Crippen molar-refractivity contribution in [3.05, 3.63) is 63.9 Å². The zero-order chi connectivity index (χ0) is 21.0. The molecule has 0 saturated carbocycles. The molecular formula is C22H25ClN4OS. The number of hydrogen-bond acceptors (Lipinski definition) is 5. The first-order valence-electron chi connectivity index (χ1n) is 9.50. The molecule has 3 aromatic rings. The molecule has 5 nitrogen and oxygen atoms in total. The van der Waals surface area contributed by atoms with Crippen LogP contribution in [0, 0.1) is 13.8 Å². The fourth-order valence-corrected chi connectivity index (χ4v) is 3.46. The van der Waals surface area contributed by atoms with Crippen LogP contribution in [-0.4, -0.2) is 34.2 Å². The van der Waals surface area contributed by atoms with Gasteiger partial charge in [-0.3, -0.25) is 0 Å². The number of aliphatic imine (C=N–C) groups is 1. The molecule has 1 unspecified atom stereocenters. The molecule has 0 amide bonds. The minimum atomic E-state index is 0.0657. The molecular weight excluding hydrogens is 404 g/mol. The Kier molecular flexibility index (Phi) is 6.87. The molecule has 0 saturated heterocycles. The number of aryl methyl sites for hydroxylation is 2. The standard InChI is InChI=1S/C22H25ClN4OS/c1-6-27(5)13-24-19-11-15(3)20(12-14(19)2)28-22-25-21(26-29-22)16(4)17-7-9-18(23)10-8-17/h7-13,16H,6H2,1-5H3/b24-13-. The molecule has 0 N–H and O–H groups in total. The van der Waals surface area contributed by atoms with E-state index >= 15 is 0 Å². The largest absolute Gasteiger partial charge is 0.430 e. The zero-order valence-corrected chi connectivity index (χ0v) is 18.9. The summed E-state index contributed by atoms with van der Waals surface area (Å²) in [5, 5.41) is 1.25. The molecule has 0 bridgehead atoms.